The van der Waals surface area contributed by atoms with E-state index in [9.17, 15) is 19.4 Å². The fraction of sp³-hybridized carbons (Fsp3) is 0.667. The molecule has 0 saturated heterocycles. The molecular weight excluding hydrogens is 713 g/mol. The lowest BCUT2D eigenvalue weighted by Gasteiger charge is -2.19. The normalized spacial score (nSPS) is 14.9. The van der Waals surface area contributed by atoms with Crippen molar-refractivity contribution in [2.75, 3.05) is 26.4 Å². The lowest BCUT2D eigenvalue weighted by molar-refractivity contribution is -0.153. The Morgan fingerprint density at radius 2 is 1.25 bits per heavy atom. The number of phosphoric ester groups is 1. The number of aliphatic hydroxyl groups excluding tert-OH is 1. The summed E-state index contributed by atoms with van der Waals surface area (Å²) >= 11 is 0. The maximum absolute atomic E-state index is 12.5. The van der Waals surface area contributed by atoms with Gasteiger partial charge in [0.15, 0.2) is 6.10 Å². The molecule has 0 aromatic rings. The monoisotopic (exact) mass is 792 g/mol. The number of phosphoric acid groups is 1. The Labute approximate surface area is 335 Å². The van der Waals surface area contributed by atoms with Crippen LogP contribution in [0, 0.1) is 0 Å². The van der Waals surface area contributed by atoms with Crippen LogP contribution in [-0.2, 0) is 27.9 Å². The second-order valence-corrected chi connectivity index (χ2v) is 15.2. The molecule has 2 unspecified atom stereocenters. The van der Waals surface area contributed by atoms with Gasteiger partial charge >= 0.3 is 13.8 Å². The summed E-state index contributed by atoms with van der Waals surface area (Å²) in [5.74, 6) is -0.456. The molecule has 3 atom stereocenters. The van der Waals surface area contributed by atoms with Crippen molar-refractivity contribution in [3.63, 3.8) is 0 Å². The fourth-order valence-corrected chi connectivity index (χ4v) is 6.13. The first-order valence-electron chi connectivity index (χ1n) is 21.2. The van der Waals surface area contributed by atoms with Crippen molar-refractivity contribution in [3.8, 4) is 0 Å². The number of ether oxygens (including phenoxy) is 2. The van der Waals surface area contributed by atoms with Crippen molar-refractivity contribution < 1.29 is 37.9 Å². The third kappa shape index (κ3) is 40.9. The number of carbonyl (C=O) groups is 1. The van der Waals surface area contributed by atoms with E-state index in [0.717, 1.165) is 38.5 Å². The van der Waals surface area contributed by atoms with Gasteiger partial charge in [-0.1, -0.05) is 170 Å². The minimum atomic E-state index is -4.33. The Hall–Kier alpha value is -2.52. The second kappa shape index (κ2) is 41.1. The Morgan fingerprint density at radius 1 is 0.673 bits per heavy atom. The zero-order valence-corrected chi connectivity index (χ0v) is 35.4. The van der Waals surface area contributed by atoms with Gasteiger partial charge in [0, 0.05) is 13.0 Å². The fourth-order valence-electron chi connectivity index (χ4n) is 5.37. The van der Waals surface area contributed by atoms with E-state index < -0.39 is 26.0 Å². The first-order chi connectivity index (χ1) is 26.8. The summed E-state index contributed by atoms with van der Waals surface area (Å²) in [5, 5.41) is 9.99. The molecule has 0 radical (unpaired) electrons. The minimum Gasteiger partial charge on any atom is -0.498 e. The number of nitrogens with two attached hydrogens (primary N) is 1. The van der Waals surface area contributed by atoms with Crippen LogP contribution >= 0.6 is 7.82 Å². The van der Waals surface area contributed by atoms with Crippen LogP contribution in [0.2, 0.25) is 0 Å². The molecule has 0 fully saturated rings. The third-order valence-corrected chi connectivity index (χ3v) is 9.47. The molecule has 0 heterocycles. The molecule has 4 N–H and O–H groups in total. The highest BCUT2D eigenvalue weighted by Gasteiger charge is 2.25. The molecular formula is C45H78NO8P. The Kier molecular flexibility index (Phi) is 39.2. The number of carbonyl (C=O) groups excluding carboxylic acids is 1. The molecule has 0 spiro atoms. The predicted octanol–water partition coefficient (Wildman–Crippen LogP) is 11.8. The Bertz CT molecular complexity index is 1130. The summed E-state index contributed by atoms with van der Waals surface area (Å²) in [7, 11) is -4.33. The van der Waals surface area contributed by atoms with Crippen molar-refractivity contribution in [3.05, 3.63) is 85.3 Å². The third-order valence-electron chi connectivity index (χ3n) is 8.48. The van der Waals surface area contributed by atoms with Crippen LogP contribution in [0.25, 0.3) is 0 Å². The van der Waals surface area contributed by atoms with E-state index in [4.69, 9.17) is 24.3 Å². The van der Waals surface area contributed by atoms with Gasteiger partial charge < -0.3 is 25.2 Å². The number of hydrogen-bond donors (Lipinski definition) is 3. The molecule has 0 aliphatic heterocycles. The van der Waals surface area contributed by atoms with E-state index in [0.29, 0.717) is 12.8 Å². The van der Waals surface area contributed by atoms with Gasteiger partial charge in [0.2, 0.25) is 0 Å². The lowest BCUT2D eigenvalue weighted by atomic mass is 10.0. The molecule has 9 nitrogen and oxygen atoms in total. The smallest absolute Gasteiger partial charge is 0.472 e. The van der Waals surface area contributed by atoms with Crippen LogP contribution in [0.4, 0.5) is 0 Å². The van der Waals surface area contributed by atoms with Crippen LogP contribution < -0.4 is 5.73 Å². The molecule has 0 aliphatic rings. The molecule has 316 valence electrons. The van der Waals surface area contributed by atoms with E-state index in [2.05, 4.69) is 38.2 Å². The average molecular weight is 792 g/mol. The molecule has 10 heteroatoms. The van der Waals surface area contributed by atoms with Crippen LogP contribution in [0.1, 0.15) is 155 Å². The first-order valence-corrected chi connectivity index (χ1v) is 22.7. The van der Waals surface area contributed by atoms with Gasteiger partial charge in [0.1, 0.15) is 6.61 Å². The highest BCUT2D eigenvalue weighted by Crippen LogP contribution is 2.43. The van der Waals surface area contributed by atoms with Crippen LogP contribution in [0.5, 0.6) is 0 Å². The SMILES string of the molecule is CC/C=C\C/C=C\CC(O)/C=C/C=C\C/C=C\C/C=C\CCC(=O)O[C@H](CO/C=C\CCCCCCCCCCCCCCCC)COP(=O)(O)OCCN. The second-order valence-electron chi connectivity index (χ2n) is 13.7. The van der Waals surface area contributed by atoms with Crippen molar-refractivity contribution >= 4 is 13.8 Å². The summed E-state index contributed by atoms with van der Waals surface area (Å²) in [6.45, 7) is 3.94. The van der Waals surface area contributed by atoms with E-state index in [-0.39, 0.29) is 32.8 Å². The van der Waals surface area contributed by atoms with Crippen LogP contribution in [0.15, 0.2) is 85.3 Å². The largest absolute Gasteiger partial charge is 0.498 e. The van der Waals surface area contributed by atoms with Gasteiger partial charge in [-0.15, -0.1) is 0 Å². The van der Waals surface area contributed by atoms with Gasteiger partial charge in [0.05, 0.1) is 25.6 Å². The maximum atomic E-state index is 12.5. The highest BCUT2D eigenvalue weighted by molar-refractivity contribution is 7.47. The van der Waals surface area contributed by atoms with Crippen molar-refractivity contribution in [1.82, 2.24) is 0 Å². The number of hydrogen-bond acceptors (Lipinski definition) is 8. The number of esters is 1. The maximum Gasteiger partial charge on any atom is 0.472 e. The number of rotatable bonds is 39. The van der Waals surface area contributed by atoms with E-state index in [1.165, 1.54) is 83.5 Å². The Balaban J connectivity index is 4.31. The molecule has 0 saturated carbocycles. The number of aliphatic hydroxyl groups is 1. The van der Waals surface area contributed by atoms with E-state index in [1.807, 2.05) is 48.6 Å². The van der Waals surface area contributed by atoms with Gasteiger partial charge in [-0.25, -0.2) is 4.57 Å². The Morgan fingerprint density at radius 3 is 1.89 bits per heavy atom. The molecule has 0 bridgehead atoms. The van der Waals surface area contributed by atoms with Crippen molar-refractivity contribution in [2.45, 2.75) is 167 Å². The average Bonchev–Trinajstić information content (AvgIpc) is 3.17. The summed E-state index contributed by atoms with van der Waals surface area (Å²) in [6, 6.07) is 0. The summed E-state index contributed by atoms with van der Waals surface area (Å²) < 4.78 is 33.0. The lowest BCUT2D eigenvalue weighted by Crippen LogP contribution is -2.27. The molecule has 0 rings (SSSR count). The first kappa shape index (κ1) is 52.5. The van der Waals surface area contributed by atoms with Crippen LogP contribution in [-0.4, -0.2) is 54.5 Å². The standard InChI is InChI=1S/C45H78NO8P/c1-3-5-7-9-11-12-13-14-15-16-17-20-23-26-30-34-39-51-41-44(42-53-55(49,50)52-40-38-46)54-45(48)37-33-29-25-22-19-18-21-24-28-32-36-43(47)35-31-27-10-8-6-4-2/h6,8,18-19,24-25,27-29,31-32,34,36,39,43-44,47H,3-5,7,9-17,20-23,26,30,33,35,37-38,40-42,46H2,1-2H3,(H,49,50)/b8-6-,19-18-,28-24-,29-25-,31-27-,36-32+,39-34-/t43?,44-/m1/s1. The zero-order chi connectivity index (χ0) is 40.3. The molecule has 55 heavy (non-hydrogen) atoms. The van der Waals surface area contributed by atoms with Gasteiger partial charge in [-0.2, -0.15) is 0 Å². The topological polar surface area (TPSA) is 138 Å². The van der Waals surface area contributed by atoms with E-state index in [1.54, 1.807) is 12.3 Å². The molecule has 0 aliphatic carbocycles. The number of unbranched alkanes of at least 4 members (excludes halogenated alkanes) is 14. The van der Waals surface area contributed by atoms with Gasteiger partial charge in [0.25, 0.3) is 0 Å². The summed E-state index contributed by atoms with van der Waals surface area (Å²) in [4.78, 5) is 22.4. The van der Waals surface area contributed by atoms with E-state index >= 15 is 0 Å². The quantitative estimate of drug-likeness (QED) is 0.0139. The zero-order valence-electron chi connectivity index (χ0n) is 34.5. The minimum absolute atomic E-state index is 0.0160. The predicted molar refractivity (Wildman–Crippen MR) is 230 cm³/mol. The van der Waals surface area contributed by atoms with Gasteiger partial charge in [-0.05, 0) is 57.4 Å². The molecule has 0 aromatic heterocycles. The number of allylic oxidation sites excluding steroid dienone is 11. The molecule has 0 aromatic carbocycles. The summed E-state index contributed by atoms with van der Waals surface area (Å²) in [5.41, 5.74) is 5.35. The van der Waals surface area contributed by atoms with Crippen LogP contribution in [0.3, 0.4) is 0 Å². The summed E-state index contributed by atoms with van der Waals surface area (Å²) in [6.07, 6.45) is 50.2. The van der Waals surface area contributed by atoms with Crippen molar-refractivity contribution in [2.24, 2.45) is 5.73 Å². The van der Waals surface area contributed by atoms with Gasteiger partial charge in [-0.3, -0.25) is 13.8 Å². The highest BCUT2D eigenvalue weighted by atomic mass is 31.2. The molecule has 0 amide bonds. The van der Waals surface area contributed by atoms with Crippen molar-refractivity contribution in [1.29, 1.82) is 0 Å².